The number of halogens is 1. The molecular weight excluding hydrogens is 221 g/mol. The molecule has 0 spiro atoms. The number of carbonyl (C=O) groups is 1. The summed E-state index contributed by atoms with van der Waals surface area (Å²) in [5.74, 6) is -0.233. The van der Waals surface area contributed by atoms with Crippen molar-refractivity contribution in [2.45, 2.75) is 25.2 Å². The monoisotopic (exact) mass is 237 g/mol. The smallest absolute Gasteiger partial charge is 0.407 e. The summed E-state index contributed by atoms with van der Waals surface area (Å²) in [7, 11) is 0. The van der Waals surface area contributed by atoms with Gasteiger partial charge in [-0.15, -0.1) is 0 Å². The van der Waals surface area contributed by atoms with E-state index in [1.54, 1.807) is 19.1 Å². The molecule has 1 aromatic rings. The Bertz CT molecular complexity index is 398. The van der Waals surface area contributed by atoms with Crippen molar-refractivity contribution in [1.29, 1.82) is 0 Å². The number of ether oxygens (including phenoxy) is 1. The van der Waals surface area contributed by atoms with Gasteiger partial charge < -0.3 is 10.1 Å². The molecule has 1 aliphatic carbocycles. The Kier molecular flexibility index (Phi) is 3.31. The van der Waals surface area contributed by atoms with Crippen LogP contribution in [0.15, 0.2) is 24.3 Å². The van der Waals surface area contributed by atoms with E-state index in [-0.39, 0.29) is 17.3 Å². The van der Waals surface area contributed by atoms with Gasteiger partial charge >= 0.3 is 6.09 Å². The number of carbonyl (C=O) groups excluding carboxylic acids is 1. The van der Waals surface area contributed by atoms with Crippen LogP contribution in [-0.2, 0) is 10.2 Å². The van der Waals surface area contributed by atoms with Crippen molar-refractivity contribution >= 4 is 6.09 Å². The van der Waals surface area contributed by atoms with Gasteiger partial charge in [-0.2, -0.15) is 0 Å². The molecule has 3 nitrogen and oxygen atoms in total. The van der Waals surface area contributed by atoms with E-state index in [1.165, 1.54) is 12.1 Å². The number of alkyl carbamates (subject to hydrolysis) is 1. The molecule has 92 valence electrons. The maximum Gasteiger partial charge on any atom is 0.407 e. The molecule has 2 rings (SSSR count). The lowest BCUT2D eigenvalue weighted by Crippen LogP contribution is -2.32. The van der Waals surface area contributed by atoms with Crippen molar-refractivity contribution in [1.82, 2.24) is 5.32 Å². The van der Waals surface area contributed by atoms with Gasteiger partial charge in [0.25, 0.3) is 0 Å². The topological polar surface area (TPSA) is 38.3 Å². The molecule has 0 aromatic heterocycles. The van der Waals surface area contributed by atoms with Crippen LogP contribution >= 0.6 is 0 Å². The standard InChI is InChI=1S/C13H16FNO2/c1-2-17-12(16)15-9-13(7-8-13)10-3-5-11(14)6-4-10/h3-6H,2,7-9H2,1H3,(H,15,16). The minimum Gasteiger partial charge on any atom is -0.450 e. The average Bonchev–Trinajstić information content (AvgIpc) is 3.09. The third kappa shape index (κ3) is 2.75. The maximum atomic E-state index is 12.8. The van der Waals surface area contributed by atoms with Crippen molar-refractivity contribution in [3.63, 3.8) is 0 Å². The Morgan fingerprint density at radius 1 is 1.41 bits per heavy atom. The van der Waals surface area contributed by atoms with Gasteiger partial charge in [-0.05, 0) is 37.5 Å². The van der Waals surface area contributed by atoms with Crippen LogP contribution in [-0.4, -0.2) is 19.2 Å². The van der Waals surface area contributed by atoms with E-state index >= 15 is 0 Å². The molecule has 4 heteroatoms. The molecule has 1 amide bonds. The second-order valence-corrected chi connectivity index (χ2v) is 4.36. The summed E-state index contributed by atoms with van der Waals surface area (Å²) in [5.41, 5.74) is 1.07. The van der Waals surface area contributed by atoms with Crippen molar-refractivity contribution in [3.05, 3.63) is 35.6 Å². The molecule has 1 fully saturated rings. The van der Waals surface area contributed by atoms with Gasteiger partial charge in [-0.25, -0.2) is 9.18 Å². The van der Waals surface area contributed by atoms with Gasteiger partial charge in [-0.1, -0.05) is 12.1 Å². The fourth-order valence-corrected chi connectivity index (χ4v) is 1.95. The molecule has 0 unspecified atom stereocenters. The van der Waals surface area contributed by atoms with E-state index in [0.717, 1.165) is 18.4 Å². The zero-order chi connectivity index (χ0) is 12.3. The molecule has 0 radical (unpaired) electrons. The average molecular weight is 237 g/mol. The Morgan fingerprint density at radius 3 is 2.59 bits per heavy atom. The van der Waals surface area contributed by atoms with Crippen LogP contribution < -0.4 is 5.32 Å². The molecule has 0 saturated heterocycles. The number of benzene rings is 1. The van der Waals surface area contributed by atoms with Crippen LogP contribution in [0.5, 0.6) is 0 Å². The van der Waals surface area contributed by atoms with Gasteiger partial charge in [0, 0.05) is 12.0 Å². The molecule has 1 N–H and O–H groups in total. The van der Waals surface area contributed by atoms with E-state index in [2.05, 4.69) is 5.32 Å². The van der Waals surface area contributed by atoms with Crippen LogP contribution in [0.1, 0.15) is 25.3 Å². The minimum atomic E-state index is -0.388. The van der Waals surface area contributed by atoms with Crippen molar-refractivity contribution in [2.24, 2.45) is 0 Å². The summed E-state index contributed by atoms with van der Waals surface area (Å²) in [6, 6.07) is 6.49. The Morgan fingerprint density at radius 2 is 2.06 bits per heavy atom. The highest BCUT2D eigenvalue weighted by Crippen LogP contribution is 2.47. The summed E-state index contributed by atoms with van der Waals surface area (Å²) in [5, 5.41) is 2.74. The third-order valence-electron chi connectivity index (χ3n) is 3.16. The molecule has 1 aliphatic rings. The molecule has 17 heavy (non-hydrogen) atoms. The molecule has 0 aliphatic heterocycles. The number of nitrogens with one attached hydrogen (secondary N) is 1. The number of hydrogen-bond donors (Lipinski definition) is 1. The SMILES string of the molecule is CCOC(=O)NCC1(c2ccc(F)cc2)CC1. The van der Waals surface area contributed by atoms with Gasteiger partial charge in [0.05, 0.1) is 6.61 Å². The highest BCUT2D eigenvalue weighted by molar-refractivity contribution is 5.67. The first kappa shape index (κ1) is 11.9. The zero-order valence-corrected chi connectivity index (χ0v) is 9.83. The Labute approximate surface area is 100.0 Å². The predicted molar refractivity (Wildman–Crippen MR) is 62.3 cm³/mol. The number of amides is 1. The lowest BCUT2D eigenvalue weighted by molar-refractivity contribution is 0.151. The maximum absolute atomic E-state index is 12.8. The summed E-state index contributed by atoms with van der Waals surface area (Å²) in [4.78, 5) is 11.2. The number of hydrogen-bond acceptors (Lipinski definition) is 2. The van der Waals surface area contributed by atoms with Gasteiger partial charge in [0.1, 0.15) is 5.82 Å². The molecule has 1 saturated carbocycles. The van der Waals surface area contributed by atoms with Gasteiger partial charge in [0.15, 0.2) is 0 Å². The second kappa shape index (κ2) is 4.73. The Balaban J connectivity index is 1.95. The normalized spacial score (nSPS) is 16.4. The Hall–Kier alpha value is -1.58. The van der Waals surface area contributed by atoms with Crippen LogP contribution in [0.4, 0.5) is 9.18 Å². The highest BCUT2D eigenvalue weighted by Gasteiger charge is 2.44. The molecule has 1 aromatic carbocycles. The highest BCUT2D eigenvalue weighted by atomic mass is 19.1. The molecule has 0 atom stereocenters. The van der Waals surface area contributed by atoms with E-state index in [1.807, 2.05) is 0 Å². The first-order valence-corrected chi connectivity index (χ1v) is 5.83. The lowest BCUT2D eigenvalue weighted by Gasteiger charge is -2.16. The summed E-state index contributed by atoms with van der Waals surface area (Å²) < 4.78 is 17.6. The fraction of sp³-hybridized carbons (Fsp3) is 0.462. The van der Waals surface area contributed by atoms with Crippen molar-refractivity contribution < 1.29 is 13.9 Å². The molecule has 0 heterocycles. The minimum absolute atomic E-state index is 0.0134. The third-order valence-corrected chi connectivity index (χ3v) is 3.16. The zero-order valence-electron chi connectivity index (χ0n) is 9.83. The predicted octanol–water partition coefficient (Wildman–Crippen LogP) is 2.60. The first-order chi connectivity index (χ1) is 8.16. The van der Waals surface area contributed by atoms with E-state index < -0.39 is 0 Å². The second-order valence-electron chi connectivity index (χ2n) is 4.36. The van der Waals surface area contributed by atoms with Crippen molar-refractivity contribution in [2.75, 3.05) is 13.2 Å². The first-order valence-electron chi connectivity index (χ1n) is 5.83. The fourth-order valence-electron chi connectivity index (χ4n) is 1.95. The van der Waals surface area contributed by atoms with Gasteiger partial charge in [-0.3, -0.25) is 0 Å². The molecule has 0 bridgehead atoms. The van der Waals surface area contributed by atoms with Crippen molar-refractivity contribution in [3.8, 4) is 0 Å². The van der Waals surface area contributed by atoms with Crippen LogP contribution in [0.3, 0.4) is 0 Å². The number of rotatable bonds is 4. The largest absolute Gasteiger partial charge is 0.450 e. The summed E-state index contributed by atoms with van der Waals surface area (Å²) >= 11 is 0. The van der Waals surface area contributed by atoms with Crippen LogP contribution in [0, 0.1) is 5.82 Å². The lowest BCUT2D eigenvalue weighted by atomic mass is 9.96. The van der Waals surface area contributed by atoms with Crippen LogP contribution in [0.2, 0.25) is 0 Å². The van der Waals surface area contributed by atoms with Gasteiger partial charge in [0.2, 0.25) is 0 Å². The van der Waals surface area contributed by atoms with E-state index in [0.29, 0.717) is 13.2 Å². The van der Waals surface area contributed by atoms with E-state index in [4.69, 9.17) is 4.74 Å². The summed E-state index contributed by atoms with van der Waals surface area (Å²) in [6.45, 7) is 2.69. The van der Waals surface area contributed by atoms with Crippen LogP contribution in [0.25, 0.3) is 0 Å². The van der Waals surface area contributed by atoms with E-state index in [9.17, 15) is 9.18 Å². The molecular formula is C13H16FNO2. The quantitative estimate of drug-likeness (QED) is 0.874. The summed E-state index contributed by atoms with van der Waals surface area (Å²) in [6.07, 6.45) is 1.65.